The molecule has 0 aromatic carbocycles. The molecule has 3 N–H and O–H groups in total. The molecule has 5 nitrogen and oxygen atoms in total. The number of likely N-dealkylation sites (N-methyl/N-ethyl adjacent to an activating group) is 1. The van der Waals surface area contributed by atoms with Gasteiger partial charge in [-0.3, -0.25) is 0 Å². The lowest BCUT2D eigenvalue weighted by molar-refractivity contribution is 0.356. The van der Waals surface area contributed by atoms with Crippen molar-refractivity contribution in [3.05, 3.63) is 11.2 Å². The van der Waals surface area contributed by atoms with Gasteiger partial charge in [-0.1, -0.05) is 25.4 Å². The van der Waals surface area contributed by atoms with Gasteiger partial charge in [-0.05, 0) is 26.4 Å². The van der Waals surface area contributed by atoms with Gasteiger partial charge in [0.1, 0.15) is 11.0 Å². The van der Waals surface area contributed by atoms with E-state index in [9.17, 15) is 0 Å². The summed E-state index contributed by atoms with van der Waals surface area (Å²) in [5, 5.41) is 3.73. The fraction of sp³-hybridized carbons (Fsp3) is 0.667. The fourth-order valence-corrected chi connectivity index (χ4v) is 2.10. The highest BCUT2D eigenvalue weighted by Crippen LogP contribution is 2.16. The van der Waals surface area contributed by atoms with Crippen LogP contribution in [0.4, 0.5) is 11.8 Å². The maximum absolute atomic E-state index is 5.86. The van der Waals surface area contributed by atoms with Gasteiger partial charge in [-0.15, -0.1) is 0 Å². The highest BCUT2D eigenvalue weighted by atomic mass is 35.5. The maximum Gasteiger partial charge on any atom is 0.223 e. The van der Waals surface area contributed by atoms with Crippen LogP contribution in [0.15, 0.2) is 6.07 Å². The van der Waals surface area contributed by atoms with E-state index in [1.165, 1.54) is 0 Å². The Hall–Kier alpha value is -1.07. The van der Waals surface area contributed by atoms with Gasteiger partial charge < -0.3 is 16.0 Å². The second-order valence-corrected chi connectivity index (χ2v) is 5.55. The van der Waals surface area contributed by atoms with Crippen LogP contribution in [0.25, 0.3) is 0 Å². The Labute approximate surface area is 114 Å². The van der Waals surface area contributed by atoms with Gasteiger partial charge in [-0.2, -0.15) is 4.98 Å². The third-order valence-electron chi connectivity index (χ3n) is 2.41. The fourth-order valence-electron chi connectivity index (χ4n) is 1.91. The van der Waals surface area contributed by atoms with Crippen molar-refractivity contribution in [1.82, 2.24) is 14.9 Å². The summed E-state index contributed by atoms with van der Waals surface area (Å²) in [6.45, 7) is 5.33. The molecule has 1 aromatic heterocycles. The Morgan fingerprint density at radius 2 is 2.06 bits per heavy atom. The maximum atomic E-state index is 5.86. The summed E-state index contributed by atoms with van der Waals surface area (Å²) in [7, 11) is 4.10. The van der Waals surface area contributed by atoms with Crippen LogP contribution in [0.3, 0.4) is 0 Å². The molecule has 0 bridgehead atoms. The van der Waals surface area contributed by atoms with E-state index in [-0.39, 0.29) is 5.95 Å². The number of rotatable bonds is 6. The molecule has 1 unspecified atom stereocenters. The zero-order valence-electron chi connectivity index (χ0n) is 11.4. The number of hydrogen-bond acceptors (Lipinski definition) is 5. The van der Waals surface area contributed by atoms with Crippen LogP contribution in [0, 0.1) is 5.92 Å². The minimum Gasteiger partial charge on any atom is -0.368 e. The van der Waals surface area contributed by atoms with Gasteiger partial charge in [0, 0.05) is 18.7 Å². The van der Waals surface area contributed by atoms with Gasteiger partial charge in [0.05, 0.1) is 0 Å². The molecule has 6 heteroatoms. The minimum atomic E-state index is 0.193. The number of nitrogens with zero attached hydrogens (tertiary/aromatic N) is 3. The number of nitrogen functional groups attached to an aromatic ring is 1. The summed E-state index contributed by atoms with van der Waals surface area (Å²) in [6, 6.07) is 2.01. The summed E-state index contributed by atoms with van der Waals surface area (Å²) in [5.74, 6) is 1.48. The van der Waals surface area contributed by atoms with Crippen molar-refractivity contribution >= 4 is 23.4 Å². The van der Waals surface area contributed by atoms with E-state index < -0.39 is 0 Å². The third kappa shape index (κ3) is 5.51. The minimum absolute atomic E-state index is 0.193. The summed E-state index contributed by atoms with van der Waals surface area (Å²) < 4.78 is 0. The molecule has 0 aliphatic carbocycles. The van der Waals surface area contributed by atoms with E-state index in [1.807, 2.05) is 0 Å². The molecule has 1 aromatic rings. The first-order chi connectivity index (χ1) is 8.36. The normalized spacial score (nSPS) is 13.1. The zero-order chi connectivity index (χ0) is 13.7. The first-order valence-electron chi connectivity index (χ1n) is 6.08. The number of hydrogen-bond donors (Lipinski definition) is 2. The molecule has 1 heterocycles. The molecule has 1 rings (SSSR count). The molecule has 0 radical (unpaired) electrons. The van der Waals surface area contributed by atoms with Crippen molar-refractivity contribution in [2.75, 3.05) is 31.7 Å². The smallest absolute Gasteiger partial charge is 0.223 e. The summed E-state index contributed by atoms with van der Waals surface area (Å²) >= 11 is 5.86. The monoisotopic (exact) mass is 271 g/mol. The van der Waals surface area contributed by atoms with E-state index >= 15 is 0 Å². The van der Waals surface area contributed by atoms with Crippen LogP contribution in [0.2, 0.25) is 5.15 Å². The van der Waals surface area contributed by atoms with Crippen LogP contribution >= 0.6 is 11.6 Å². The molecule has 1 atom stereocenters. The average molecular weight is 272 g/mol. The van der Waals surface area contributed by atoms with E-state index in [1.54, 1.807) is 6.07 Å². The molecule has 0 saturated heterocycles. The summed E-state index contributed by atoms with van der Waals surface area (Å²) in [6.07, 6.45) is 1.06. The predicted molar refractivity (Wildman–Crippen MR) is 76.9 cm³/mol. The van der Waals surface area contributed by atoms with Gasteiger partial charge in [0.15, 0.2) is 0 Å². The predicted octanol–water partition coefficient (Wildman–Crippen LogP) is 2.10. The molecule has 0 aliphatic heterocycles. The molecule has 0 saturated carbocycles. The lowest BCUT2D eigenvalue weighted by Crippen LogP contribution is -2.33. The van der Waals surface area contributed by atoms with Crippen molar-refractivity contribution in [3.8, 4) is 0 Å². The Balaban J connectivity index is 2.74. The second-order valence-electron chi connectivity index (χ2n) is 5.17. The number of anilines is 2. The SMILES string of the molecule is CC(C)CC(CN(C)C)Nc1cc(Cl)nc(N)n1. The molecular formula is C12H22ClN5. The van der Waals surface area contributed by atoms with E-state index in [4.69, 9.17) is 17.3 Å². The highest BCUT2D eigenvalue weighted by molar-refractivity contribution is 6.29. The topological polar surface area (TPSA) is 67.1 Å². The number of aromatic nitrogens is 2. The number of nitrogens with two attached hydrogens (primary N) is 1. The van der Waals surface area contributed by atoms with Gasteiger partial charge >= 0.3 is 0 Å². The first kappa shape index (κ1) is 15.0. The van der Waals surface area contributed by atoms with Gasteiger partial charge in [0.25, 0.3) is 0 Å². The Kier molecular flexibility index (Phi) is 5.62. The van der Waals surface area contributed by atoms with Crippen LogP contribution in [0.1, 0.15) is 20.3 Å². The summed E-state index contributed by atoms with van der Waals surface area (Å²) in [4.78, 5) is 10.1. The lowest BCUT2D eigenvalue weighted by Gasteiger charge is -2.24. The van der Waals surface area contributed by atoms with E-state index in [2.05, 4.69) is 48.1 Å². The lowest BCUT2D eigenvalue weighted by atomic mass is 10.0. The molecule has 18 heavy (non-hydrogen) atoms. The van der Waals surface area contributed by atoms with Crippen molar-refractivity contribution in [2.24, 2.45) is 5.92 Å². The van der Waals surface area contributed by atoms with E-state index in [0.717, 1.165) is 13.0 Å². The molecular weight excluding hydrogens is 250 g/mol. The summed E-state index contributed by atoms with van der Waals surface area (Å²) in [5.41, 5.74) is 5.58. The van der Waals surface area contributed by atoms with Crippen molar-refractivity contribution in [3.63, 3.8) is 0 Å². The Bertz CT molecular complexity index is 350. The van der Waals surface area contributed by atoms with Gasteiger partial charge in [0.2, 0.25) is 5.95 Å². The van der Waals surface area contributed by atoms with Crippen LogP contribution in [-0.4, -0.2) is 41.5 Å². The third-order valence-corrected chi connectivity index (χ3v) is 2.60. The highest BCUT2D eigenvalue weighted by Gasteiger charge is 2.13. The quantitative estimate of drug-likeness (QED) is 0.776. The van der Waals surface area contributed by atoms with Crippen molar-refractivity contribution < 1.29 is 0 Å². The number of halogens is 1. The van der Waals surface area contributed by atoms with Gasteiger partial charge in [-0.25, -0.2) is 4.98 Å². The van der Waals surface area contributed by atoms with E-state index in [0.29, 0.717) is 22.9 Å². The molecule has 0 aliphatic rings. The average Bonchev–Trinajstić information content (AvgIpc) is 2.12. The largest absolute Gasteiger partial charge is 0.368 e. The zero-order valence-corrected chi connectivity index (χ0v) is 12.2. The standard InChI is InChI=1S/C12H22ClN5/c1-8(2)5-9(7-18(3)4)15-11-6-10(13)16-12(14)17-11/h6,8-9H,5,7H2,1-4H3,(H3,14,15,16,17). The second kappa shape index (κ2) is 6.75. The number of nitrogens with one attached hydrogen (secondary N) is 1. The first-order valence-corrected chi connectivity index (χ1v) is 6.46. The Morgan fingerprint density at radius 1 is 1.39 bits per heavy atom. The molecule has 0 fully saturated rings. The van der Waals surface area contributed by atoms with Crippen LogP contribution < -0.4 is 11.1 Å². The van der Waals surface area contributed by atoms with Crippen LogP contribution in [0.5, 0.6) is 0 Å². The molecule has 102 valence electrons. The van der Waals surface area contributed by atoms with Crippen LogP contribution in [-0.2, 0) is 0 Å². The Morgan fingerprint density at radius 3 is 2.56 bits per heavy atom. The molecule has 0 amide bonds. The molecule has 0 spiro atoms. The van der Waals surface area contributed by atoms with Crippen molar-refractivity contribution in [2.45, 2.75) is 26.3 Å². The van der Waals surface area contributed by atoms with Crippen molar-refractivity contribution in [1.29, 1.82) is 0 Å².